The first-order valence-electron chi connectivity index (χ1n) is 20.6. The molecule has 3 unspecified atom stereocenters. The van der Waals surface area contributed by atoms with Gasteiger partial charge in [0.25, 0.3) is 0 Å². The molecule has 0 bridgehead atoms. The summed E-state index contributed by atoms with van der Waals surface area (Å²) in [4.78, 5) is 14.6. The molecule has 320 valence electrons. The average molecular weight is 799 g/mol. The van der Waals surface area contributed by atoms with Crippen molar-refractivity contribution in [3.05, 3.63) is 11.6 Å². The molecule has 7 rings (SSSR count). The first-order valence-corrected chi connectivity index (χ1v) is 20.6. The van der Waals surface area contributed by atoms with Gasteiger partial charge in [-0.1, -0.05) is 46.3 Å². The molecule has 15 nitrogen and oxygen atoms in total. The summed E-state index contributed by atoms with van der Waals surface area (Å²) in [6, 6.07) is 0. The van der Waals surface area contributed by atoms with Crippen LogP contribution in [0.3, 0.4) is 0 Å². The van der Waals surface area contributed by atoms with Gasteiger partial charge in [0.15, 0.2) is 6.29 Å². The number of hydrogen-bond donors (Lipinski definition) is 10. The van der Waals surface area contributed by atoms with E-state index in [1.165, 1.54) is 0 Å². The molecule has 15 heteroatoms. The molecule has 10 N–H and O–H groups in total. The van der Waals surface area contributed by atoms with Crippen LogP contribution >= 0.6 is 0 Å². The molecule has 7 aliphatic rings. The Hall–Kier alpha value is -1.31. The van der Waals surface area contributed by atoms with E-state index in [4.69, 9.17) is 18.9 Å². The zero-order valence-electron chi connectivity index (χ0n) is 33.5. The number of ether oxygens (including phenoxy) is 4. The van der Waals surface area contributed by atoms with Crippen molar-refractivity contribution in [2.45, 2.75) is 166 Å². The maximum Gasteiger partial charge on any atom is 0.315 e. The van der Waals surface area contributed by atoms with Gasteiger partial charge in [-0.25, -0.2) is 0 Å². The number of carbonyl (C=O) groups excluding carboxylic acids is 1. The van der Waals surface area contributed by atoms with Gasteiger partial charge < -0.3 is 70.0 Å². The van der Waals surface area contributed by atoms with Crippen molar-refractivity contribution in [3.8, 4) is 0 Å². The topological polar surface area (TPSA) is 256 Å². The van der Waals surface area contributed by atoms with Crippen LogP contribution in [0.1, 0.15) is 92.9 Å². The molecule has 0 spiro atoms. The second-order valence-corrected chi connectivity index (χ2v) is 19.9. The molecule has 0 radical (unpaired) electrons. The number of allylic oxidation sites excluding steroid dienone is 2. The highest BCUT2D eigenvalue weighted by Gasteiger charge is 2.72. The van der Waals surface area contributed by atoms with Crippen LogP contribution in [0, 0.1) is 50.7 Å². The van der Waals surface area contributed by atoms with Crippen molar-refractivity contribution in [2.24, 2.45) is 50.7 Å². The van der Waals surface area contributed by atoms with E-state index in [1.807, 2.05) is 13.8 Å². The minimum atomic E-state index is -1.74. The Labute approximate surface area is 328 Å². The maximum atomic E-state index is 14.6. The molecule has 2 saturated heterocycles. The zero-order valence-corrected chi connectivity index (χ0v) is 33.5. The number of hydrogen-bond acceptors (Lipinski definition) is 15. The van der Waals surface area contributed by atoms with Crippen LogP contribution in [0.5, 0.6) is 0 Å². The Kier molecular flexibility index (Phi) is 11.0. The molecule has 0 aromatic heterocycles. The smallest absolute Gasteiger partial charge is 0.315 e. The van der Waals surface area contributed by atoms with Crippen molar-refractivity contribution in [3.63, 3.8) is 0 Å². The Morgan fingerprint density at radius 2 is 1.48 bits per heavy atom. The largest absolute Gasteiger partial charge is 0.432 e. The summed E-state index contributed by atoms with van der Waals surface area (Å²) in [6.45, 7) is 11.2. The quantitative estimate of drug-likeness (QED) is 0.0955. The van der Waals surface area contributed by atoms with Crippen molar-refractivity contribution >= 4 is 5.97 Å². The van der Waals surface area contributed by atoms with Gasteiger partial charge >= 0.3 is 5.97 Å². The first kappa shape index (κ1) is 42.8. The van der Waals surface area contributed by atoms with Crippen LogP contribution in [-0.2, 0) is 23.7 Å². The number of fused-ring (bicyclic) bond motifs is 7. The van der Waals surface area contributed by atoms with Crippen LogP contribution in [0.15, 0.2) is 11.6 Å². The second-order valence-electron chi connectivity index (χ2n) is 19.9. The lowest BCUT2D eigenvalue weighted by atomic mass is 9.33. The second kappa shape index (κ2) is 14.4. The van der Waals surface area contributed by atoms with Gasteiger partial charge in [0.1, 0.15) is 42.7 Å². The summed E-state index contributed by atoms with van der Waals surface area (Å²) < 4.78 is 23.3. The van der Waals surface area contributed by atoms with Gasteiger partial charge in [-0.3, -0.25) is 4.79 Å². The SMILES string of the molecule is C[C@@H]1C2C3=CCC4[C@@]5(C)C[C@@H](O)[C@H](O[C@@H]6OC[C@H](O)[C@H](O)[C@H]6O)[C@@](C)(CO)C5CC[C@@]4(C)[C@]3(C)CC[C@@]2(C(=O)O[C@@H]2O[C@H](CO)[C@@H](O)[C@H](O)[C@H]2O)CC[C@]1(C)O. The van der Waals surface area contributed by atoms with Crippen molar-refractivity contribution in [1.29, 1.82) is 0 Å². The van der Waals surface area contributed by atoms with Gasteiger partial charge in [0.2, 0.25) is 6.29 Å². The molecule has 2 heterocycles. The van der Waals surface area contributed by atoms with E-state index >= 15 is 0 Å². The van der Waals surface area contributed by atoms with Gasteiger partial charge in [-0.05, 0) is 92.3 Å². The number of aliphatic hydroxyl groups is 10. The zero-order chi connectivity index (χ0) is 41.1. The van der Waals surface area contributed by atoms with E-state index in [0.29, 0.717) is 44.9 Å². The van der Waals surface area contributed by atoms with E-state index in [0.717, 1.165) is 12.0 Å². The van der Waals surface area contributed by atoms with Crippen LogP contribution in [-0.4, -0.2) is 150 Å². The van der Waals surface area contributed by atoms with Crippen LogP contribution in [0.2, 0.25) is 0 Å². The number of carbonyl (C=O) groups is 1. The Morgan fingerprint density at radius 1 is 0.821 bits per heavy atom. The van der Waals surface area contributed by atoms with E-state index in [1.54, 1.807) is 6.92 Å². The predicted molar refractivity (Wildman–Crippen MR) is 196 cm³/mol. The van der Waals surface area contributed by atoms with Crippen LogP contribution < -0.4 is 0 Å². The molecule has 21 atom stereocenters. The normalized spacial score (nSPS) is 57.1. The third kappa shape index (κ3) is 5.96. The molecular weight excluding hydrogens is 732 g/mol. The highest BCUT2D eigenvalue weighted by atomic mass is 16.7. The van der Waals surface area contributed by atoms with E-state index < -0.39 is 113 Å². The van der Waals surface area contributed by atoms with Crippen LogP contribution in [0.25, 0.3) is 0 Å². The fourth-order valence-electron chi connectivity index (χ4n) is 13.6. The Balaban J connectivity index is 1.21. The highest BCUT2D eigenvalue weighted by Crippen LogP contribution is 2.76. The third-order valence-electron chi connectivity index (χ3n) is 17.3. The lowest BCUT2D eigenvalue weighted by Gasteiger charge is -2.72. The first-order chi connectivity index (χ1) is 26.1. The molecule has 4 saturated carbocycles. The monoisotopic (exact) mass is 798 g/mol. The molecule has 6 fully saturated rings. The number of esters is 1. The Bertz CT molecular complexity index is 1520. The average Bonchev–Trinajstić information content (AvgIpc) is 3.14. The van der Waals surface area contributed by atoms with Gasteiger partial charge in [-0.2, -0.15) is 0 Å². The predicted octanol–water partition coefficient (Wildman–Crippen LogP) is -0.131. The summed E-state index contributed by atoms with van der Waals surface area (Å²) >= 11 is 0. The molecule has 0 aromatic rings. The van der Waals surface area contributed by atoms with Crippen molar-refractivity contribution in [2.75, 3.05) is 19.8 Å². The molecule has 2 aliphatic heterocycles. The van der Waals surface area contributed by atoms with E-state index in [2.05, 4.69) is 26.8 Å². The van der Waals surface area contributed by atoms with Crippen LogP contribution in [0.4, 0.5) is 0 Å². The third-order valence-corrected chi connectivity index (χ3v) is 17.3. The summed E-state index contributed by atoms with van der Waals surface area (Å²) in [5.41, 5.74) is -3.36. The maximum absolute atomic E-state index is 14.6. The molecule has 56 heavy (non-hydrogen) atoms. The Morgan fingerprint density at radius 3 is 2.14 bits per heavy atom. The fraction of sp³-hybridized carbons (Fsp3) is 0.927. The molecule has 0 aromatic carbocycles. The van der Waals surface area contributed by atoms with Gasteiger partial charge in [0.05, 0.1) is 43.0 Å². The molecular formula is C41H66O15. The molecule has 0 amide bonds. The van der Waals surface area contributed by atoms with Crippen molar-refractivity contribution in [1.82, 2.24) is 0 Å². The number of aliphatic hydroxyl groups excluding tert-OH is 9. The van der Waals surface area contributed by atoms with E-state index in [-0.39, 0.29) is 36.4 Å². The fourth-order valence-corrected chi connectivity index (χ4v) is 13.6. The van der Waals surface area contributed by atoms with Crippen molar-refractivity contribution < 1.29 is 74.8 Å². The van der Waals surface area contributed by atoms with Gasteiger partial charge in [0, 0.05) is 11.3 Å². The summed E-state index contributed by atoms with van der Waals surface area (Å²) in [5, 5.41) is 107. The van der Waals surface area contributed by atoms with E-state index in [9.17, 15) is 55.9 Å². The summed E-state index contributed by atoms with van der Waals surface area (Å²) in [6.07, 6.45) is -9.19. The summed E-state index contributed by atoms with van der Waals surface area (Å²) in [5.74, 6) is -1.52. The molecule has 5 aliphatic carbocycles. The van der Waals surface area contributed by atoms with Gasteiger partial charge in [-0.15, -0.1) is 0 Å². The minimum absolute atomic E-state index is 0.0328. The lowest BCUT2D eigenvalue weighted by molar-refractivity contribution is -0.328. The lowest BCUT2D eigenvalue weighted by Crippen LogP contribution is -2.70. The highest BCUT2D eigenvalue weighted by molar-refractivity contribution is 5.79. The number of rotatable bonds is 6. The minimum Gasteiger partial charge on any atom is -0.432 e. The summed E-state index contributed by atoms with van der Waals surface area (Å²) in [7, 11) is 0. The standard InChI is InChI=1S/C41H66O15/c1-19-26-20-7-8-25-36(2)15-21(44)32(55-33-30(49)27(46)22(45)17-53-33)37(3,18-43)24(36)9-10-39(25,5)38(20,4)11-13-41(26,14-12-40(19,6)52)35(51)56-34-31(50)29(48)28(47)23(16-42)54-34/h7,19,21-34,42-50,52H,8-18H2,1-6H3/t19-,21-,22+,23-,24?,25?,26?,27+,28-,29+,30-,31-,32+,33+,34+,36+,37+,38-,39-,40+,41-/m1/s1.